The summed E-state index contributed by atoms with van der Waals surface area (Å²) in [5.41, 5.74) is 2.26. The quantitative estimate of drug-likeness (QED) is 0.879. The zero-order valence-electron chi connectivity index (χ0n) is 14.2. The molecule has 0 aromatic heterocycles. The molecule has 1 aromatic rings. The van der Waals surface area contributed by atoms with Gasteiger partial charge in [-0.15, -0.1) is 0 Å². The van der Waals surface area contributed by atoms with E-state index >= 15 is 0 Å². The van der Waals surface area contributed by atoms with Crippen LogP contribution in [0, 0.1) is 5.92 Å². The average molecular weight is 329 g/mol. The van der Waals surface area contributed by atoms with Gasteiger partial charge in [0.1, 0.15) is 0 Å². The largest absolute Gasteiger partial charge is 0.396 e. The monoisotopic (exact) mass is 329 g/mol. The van der Waals surface area contributed by atoms with Crippen molar-refractivity contribution in [3.05, 3.63) is 47.2 Å². The summed E-state index contributed by atoms with van der Waals surface area (Å²) in [5.74, 6) is -0.0991. The van der Waals surface area contributed by atoms with Crippen LogP contribution in [0.15, 0.2) is 41.6 Å². The molecule has 128 valence electrons. The fourth-order valence-electron chi connectivity index (χ4n) is 3.27. The second-order valence-electron chi connectivity index (χ2n) is 6.55. The number of carbonyl (C=O) groups excluding carboxylic acids is 2. The Labute approximate surface area is 141 Å². The van der Waals surface area contributed by atoms with Crippen LogP contribution in [0.25, 0.3) is 0 Å². The van der Waals surface area contributed by atoms with Gasteiger partial charge in [0.15, 0.2) is 0 Å². The zero-order chi connectivity index (χ0) is 17.4. The van der Waals surface area contributed by atoms with E-state index in [1.165, 1.54) is 4.90 Å². The van der Waals surface area contributed by atoms with E-state index < -0.39 is 6.04 Å². The number of nitrogens with zero attached hydrogens (tertiary/aromatic N) is 2. The Kier molecular flexibility index (Phi) is 4.32. The molecule has 2 aliphatic rings. The first kappa shape index (κ1) is 16.5. The highest BCUT2D eigenvalue weighted by Crippen LogP contribution is 2.36. The molecule has 2 heterocycles. The van der Waals surface area contributed by atoms with Crippen LogP contribution in [0.1, 0.15) is 25.5 Å². The summed E-state index contributed by atoms with van der Waals surface area (Å²) < 4.78 is 0. The van der Waals surface area contributed by atoms with Crippen molar-refractivity contribution < 1.29 is 14.7 Å². The van der Waals surface area contributed by atoms with Crippen molar-refractivity contribution in [1.29, 1.82) is 0 Å². The van der Waals surface area contributed by atoms with Crippen LogP contribution in [0.4, 0.5) is 4.79 Å². The Balaban J connectivity index is 1.98. The first-order valence-electron chi connectivity index (χ1n) is 8.19. The molecule has 0 bridgehead atoms. The molecule has 0 aliphatic carbocycles. The van der Waals surface area contributed by atoms with Crippen molar-refractivity contribution in [3.8, 4) is 0 Å². The molecule has 0 spiro atoms. The topological polar surface area (TPSA) is 72.9 Å². The molecule has 0 unspecified atom stereocenters. The van der Waals surface area contributed by atoms with Crippen molar-refractivity contribution in [1.82, 2.24) is 15.1 Å². The number of urea groups is 1. The third kappa shape index (κ3) is 2.57. The second kappa shape index (κ2) is 6.28. The predicted octanol–water partition coefficient (Wildman–Crippen LogP) is 1.50. The highest BCUT2D eigenvalue weighted by Gasteiger charge is 2.44. The van der Waals surface area contributed by atoms with Gasteiger partial charge >= 0.3 is 6.03 Å². The minimum Gasteiger partial charge on any atom is -0.396 e. The van der Waals surface area contributed by atoms with Crippen LogP contribution < -0.4 is 5.32 Å². The maximum absolute atomic E-state index is 13.0. The lowest BCUT2D eigenvalue weighted by atomic mass is 9.95. The lowest BCUT2D eigenvalue weighted by Gasteiger charge is -2.31. The molecule has 1 aromatic carbocycles. The molecule has 3 rings (SSSR count). The Morgan fingerprint density at radius 1 is 1.25 bits per heavy atom. The summed E-state index contributed by atoms with van der Waals surface area (Å²) in [4.78, 5) is 28.6. The second-order valence-corrected chi connectivity index (χ2v) is 6.55. The molecular weight excluding hydrogens is 306 g/mol. The van der Waals surface area contributed by atoms with Gasteiger partial charge in [-0.1, -0.05) is 37.3 Å². The fourth-order valence-corrected chi connectivity index (χ4v) is 3.27. The molecule has 0 saturated carbocycles. The number of aliphatic hydroxyl groups excluding tert-OH is 1. The van der Waals surface area contributed by atoms with Gasteiger partial charge in [-0.05, 0) is 18.4 Å². The molecule has 6 heteroatoms. The minimum absolute atomic E-state index is 0.0186. The van der Waals surface area contributed by atoms with Crippen LogP contribution >= 0.6 is 0 Å². The van der Waals surface area contributed by atoms with Crippen molar-refractivity contribution >= 4 is 11.9 Å². The number of likely N-dealkylation sites (N-methyl/N-ethyl adjacent to an activating group) is 1. The lowest BCUT2D eigenvalue weighted by molar-refractivity contribution is -0.128. The van der Waals surface area contributed by atoms with Crippen molar-refractivity contribution in [2.24, 2.45) is 5.92 Å². The normalized spacial score (nSPS) is 23.2. The van der Waals surface area contributed by atoms with Crippen LogP contribution in [0.2, 0.25) is 0 Å². The molecule has 3 amide bonds. The number of aliphatic hydroxyl groups is 1. The molecule has 3 atom stereocenters. The molecule has 2 N–H and O–H groups in total. The van der Waals surface area contributed by atoms with Gasteiger partial charge in [0.2, 0.25) is 0 Å². The van der Waals surface area contributed by atoms with Crippen LogP contribution in [0.3, 0.4) is 0 Å². The zero-order valence-corrected chi connectivity index (χ0v) is 14.2. The molecule has 0 fully saturated rings. The third-order valence-corrected chi connectivity index (χ3v) is 5.12. The molecule has 2 aliphatic heterocycles. The van der Waals surface area contributed by atoms with E-state index in [1.807, 2.05) is 44.2 Å². The highest BCUT2D eigenvalue weighted by atomic mass is 16.3. The maximum Gasteiger partial charge on any atom is 0.322 e. The number of hydrogen-bond acceptors (Lipinski definition) is 3. The van der Waals surface area contributed by atoms with E-state index in [9.17, 15) is 14.7 Å². The van der Waals surface area contributed by atoms with Crippen LogP contribution in [-0.4, -0.2) is 53.1 Å². The number of benzene rings is 1. The lowest BCUT2D eigenvalue weighted by Crippen LogP contribution is -2.45. The summed E-state index contributed by atoms with van der Waals surface area (Å²) in [6, 6.07) is 8.78. The van der Waals surface area contributed by atoms with Crippen molar-refractivity contribution in [2.45, 2.75) is 25.9 Å². The summed E-state index contributed by atoms with van der Waals surface area (Å²) in [5, 5.41) is 12.3. The van der Waals surface area contributed by atoms with Crippen LogP contribution in [0.5, 0.6) is 0 Å². The number of carbonyl (C=O) groups is 2. The predicted molar refractivity (Wildman–Crippen MR) is 89.9 cm³/mol. The Hall–Kier alpha value is -2.34. The fraction of sp³-hybridized carbons (Fsp3) is 0.444. The average Bonchev–Trinajstić information content (AvgIpc) is 2.95. The van der Waals surface area contributed by atoms with Crippen molar-refractivity contribution in [2.75, 3.05) is 20.2 Å². The van der Waals surface area contributed by atoms with E-state index in [4.69, 9.17) is 0 Å². The maximum atomic E-state index is 13.0. The highest BCUT2D eigenvalue weighted by molar-refractivity contribution is 6.01. The van der Waals surface area contributed by atoms with Crippen molar-refractivity contribution in [3.63, 3.8) is 0 Å². The number of rotatable bonds is 4. The van der Waals surface area contributed by atoms with Gasteiger partial charge in [-0.25, -0.2) is 4.79 Å². The molecule has 24 heavy (non-hydrogen) atoms. The Morgan fingerprint density at radius 2 is 1.92 bits per heavy atom. The summed E-state index contributed by atoms with van der Waals surface area (Å²) in [7, 11) is 1.68. The third-order valence-electron chi connectivity index (χ3n) is 5.12. The first-order chi connectivity index (χ1) is 11.5. The molecule has 6 nitrogen and oxygen atoms in total. The molecular formula is C18H23N3O3. The van der Waals surface area contributed by atoms with Gasteiger partial charge in [0, 0.05) is 19.7 Å². The number of hydrogen-bond donors (Lipinski definition) is 2. The van der Waals surface area contributed by atoms with Crippen LogP contribution in [-0.2, 0) is 4.79 Å². The van der Waals surface area contributed by atoms with Gasteiger partial charge in [-0.3, -0.25) is 9.69 Å². The van der Waals surface area contributed by atoms with Gasteiger partial charge < -0.3 is 15.3 Å². The Bertz CT molecular complexity index is 686. The summed E-state index contributed by atoms with van der Waals surface area (Å²) in [6.45, 7) is 4.26. The molecule has 0 saturated heterocycles. The van der Waals surface area contributed by atoms with E-state index in [0.717, 1.165) is 11.3 Å². The van der Waals surface area contributed by atoms with E-state index in [2.05, 4.69) is 5.32 Å². The number of amides is 3. The SMILES string of the molecule is C[C@H]([C@@H](C)CO)N1CC2=C(C1=O)[C@H](c1ccccc1)NC(=O)N2C. The van der Waals surface area contributed by atoms with E-state index in [-0.39, 0.29) is 30.5 Å². The Morgan fingerprint density at radius 3 is 2.54 bits per heavy atom. The first-order valence-corrected chi connectivity index (χ1v) is 8.19. The minimum atomic E-state index is -0.431. The summed E-state index contributed by atoms with van der Waals surface area (Å²) >= 11 is 0. The van der Waals surface area contributed by atoms with E-state index in [1.54, 1.807) is 11.9 Å². The van der Waals surface area contributed by atoms with Gasteiger partial charge in [-0.2, -0.15) is 0 Å². The van der Waals surface area contributed by atoms with E-state index in [0.29, 0.717) is 12.1 Å². The standard InChI is InChI=1S/C18H23N3O3/c1-11(10-22)12(2)21-9-14-15(17(21)23)16(19-18(24)20(14)3)13-7-5-4-6-8-13/h4-8,11-12,16,22H,9-10H2,1-3H3,(H,19,24)/t11-,12+,16-/m0/s1. The number of nitrogens with one attached hydrogen (secondary N) is 1. The summed E-state index contributed by atoms with van der Waals surface area (Å²) in [6.07, 6.45) is 0. The smallest absolute Gasteiger partial charge is 0.322 e. The molecule has 0 radical (unpaired) electrons. The van der Waals surface area contributed by atoms with Gasteiger partial charge in [0.05, 0.1) is 23.9 Å². The van der Waals surface area contributed by atoms with Gasteiger partial charge in [0.25, 0.3) is 5.91 Å².